The molecule has 4 aliphatic carbocycles. The van der Waals surface area contributed by atoms with Crippen LogP contribution in [0.3, 0.4) is 0 Å². The van der Waals surface area contributed by atoms with Crippen molar-refractivity contribution in [2.24, 2.45) is 29.4 Å². The molecule has 1 heterocycles. The molecule has 4 saturated carbocycles. The standard InChI is InChI=1S/C18H25ClN4O/c1-10-15(19)7-21-8-16(10)23-17(24)22-9-18(20)13-3-11-2-12(5-13)6-14(18)4-11/h7-8,11-14H,2-6,9,20H2,1H3,(H2,22,23,24). The fourth-order valence-corrected chi connectivity index (χ4v) is 5.53. The van der Waals surface area contributed by atoms with Crippen LogP contribution in [0.15, 0.2) is 12.4 Å². The van der Waals surface area contributed by atoms with Gasteiger partial charge in [0, 0.05) is 18.3 Å². The Bertz CT molecular complexity index is 634. The van der Waals surface area contributed by atoms with Gasteiger partial charge in [0.1, 0.15) is 0 Å². The van der Waals surface area contributed by atoms with Crippen LogP contribution in [0, 0.1) is 30.6 Å². The molecule has 2 amide bonds. The molecular weight excluding hydrogens is 324 g/mol. The van der Waals surface area contributed by atoms with Crippen molar-refractivity contribution in [1.82, 2.24) is 10.3 Å². The van der Waals surface area contributed by atoms with Gasteiger partial charge in [0.2, 0.25) is 0 Å². The molecular formula is C18H25ClN4O. The number of amides is 2. The van der Waals surface area contributed by atoms with E-state index in [9.17, 15) is 4.79 Å². The summed E-state index contributed by atoms with van der Waals surface area (Å²) in [6.07, 6.45) is 9.55. The summed E-state index contributed by atoms with van der Waals surface area (Å²) in [5, 5.41) is 6.38. The minimum Gasteiger partial charge on any atom is -0.336 e. The van der Waals surface area contributed by atoms with E-state index in [1.165, 1.54) is 32.1 Å². The number of halogens is 1. The Morgan fingerprint density at radius 3 is 2.50 bits per heavy atom. The predicted molar refractivity (Wildman–Crippen MR) is 95.0 cm³/mol. The van der Waals surface area contributed by atoms with Crippen LogP contribution >= 0.6 is 11.6 Å². The zero-order valence-electron chi connectivity index (χ0n) is 14.0. The number of nitrogens with one attached hydrogen (secondary N) is 2. The molecule has 130 valence electrons. The molecule has 1 aromatic heterocycles. The molecule has 5 rings (SSSR count). The number of hydrogen-bond donors (Lipinski definition) is 3. The first-order valence-electron chi connectivity index (χ1n) is 8.89. The third kappa shape index (κ3) is 2.68. The number of pyridine rings is 1. The van der Waals surface area contributed by atoms with Crippen molar-refractivity contribution in [3.05, 3.63) is 23.0 Å². The zero-order valence-corrected chi connectivity index (χ0v) is 14.8. The van der Waals surface area contributed by atoms with E-state index >= 15 is 0 Å². The van der Waals surface area contributed by atoms with Crippen LogP contribution < -0.4 is 16.4 Å². The monoisotopic (exact) mass is 348 g/mol. The number of carbonyl (C=O) groups is 1. The van der Waals surface area contributed by atoms with Gasteiger partial charge >= 0.3 is 6.03 Å². The molecule has 0 atom stereocenters. The van der Waals surface area contributed by atoms with Crippen LogP contribution in [0.1, 0.15) is 37.7 Å². The molecule has 4 N–H and O–H groups in total. The fourth-order valence-electron chi connectivity index (χ4n) is 5.38. The molecule has 5 nitrogen and oxygen atoms in total. The van der Waals surface area contributed by atoms with E-state index in [0.29, 0.717) is 29.1 Å². The van der Waals surface area contributed by atoms with E-state index in [1.807, 2.05) is 6.92 Å². The van der Waals surface area contributed by atoms with Crippen molar-refractivity contribution in [3.8, 4) is 0 Å². The smallest absolute Gasteiger partial charge is 0.319 e. The molecule has 6 heteroatoms. The SMILES string of the molecule is Cc1c(Cl)cncc1NC(=O)NCC1(N)C2CC3CC(C2)CC1C3. The normalized spacial score (nSPS) is 36.6. The number of anilines is 1. The Labute approximate surface area is 147 Å². The molecule has 0 spiro atoms. The van der Waals surface area contributed by atoms with Crippen LogP contribution in [-0.2, 0) is 0 Å². The van der Waals surface area contributed by atoms with Gasteiger partial charge in [0.15, 0.2) is 0 Å². The van der Waals surface area contributed by atoms with E-state index in [-0.39, 0.29) is 11.6 Å². The highest BCUT2D eigenvalue weighted by Gasteiger charge is 2.55. The van der Waals surface area contributed by atoms with Crippen LogP contribution in [0.2, 0.25) is 5.02 Å². The van der Waals surface area contributed by atoms with E-state index in [4.69, 9.17) is 17.3 Å². The lowest BCUT2D eigenvalue weighted by atomic mass is 9.49. The summed E-state index contributed by atoms with van der Waals surface area (Å²) < 4.78 is 0. The molecule has 4 aliphatic rings. The molecule has 1 aromatic rings. The minimum absolute atomic E-state index is 0.235. The van der Waals surface area contributed by atoms with Gasteiger partial charge in [0.25, 0.3) is 0 Å². The fraction of sp³-hybridized carbons (Fsp3) is 0.667. The lowest BCUT2D eigenvalue weighted by Gasteiger charge is -2.59. The Morgan fingerprint density at radius 1 is 1.25 bits per heavy atom. The Balaban J connectivity index is 1.39. The molecule has 0 unspecified atom stereocenters. The molecule has 4 bridgehead atoms. The lowest BCUT2D eigenvalue weighted by molar-refractivity contribution is -0.0528. The molecule has 24 heavy (non-hydrogen) atoms. The van der Waals surface area contributed by atoms with Gasteiger partial charge in [0.05, 0.1) is 16.9 Å². The van der Waals surface area contributed by atoms with Gasteiger partial charge in [-0.2, -0.15) is 0 Å². The van der Waals surface area contributed by atoms with E-state index in [2.05, 4.69) is 15.6 Å². The molecule has 0 saturated heterocycles. The summed E-state index contributed by atoms with van der Waals surface area (Å²) in [4.78, 5) is 16.3. The van der Waals surface area contributed by atoms with Gasteiger partial charge in [-0.25, -0.2) is 4.79 Å². The summed E-state index contributed by atoms with van der Waals surface area (Å²) in [6.45, 7) is 2.41. The number of urea groups is 1. The van der Waals surface area contributed by atoms with Crippen LogP contribution in [-0.4, -0.2) is 23.1 Å². The van der Waals surface area contributed by atoms with Gasteiger partial charge in [-0.15, -0.1) is 0 Å². The summed E-state index contributed by atoms with van der Waals surface area (Å²) in [6, 6.07) is -0.235. The van der Waals surface area contributed by atoms with E-state index in [0.717, 1.165) is 17.4 Å². The summed E-state index contributed by atoms with van der Waals surface area (Å²) >= 11 is 6.05. The maximum absolute atomic E-state index is 12.3. The Morgan fingerprint density at radius 2 is 1.88 bits per heavy atom. The highest BCUT2D eigenvalue weighted by Crippen LogP contribution is 2.57. The molecule has 4 fully saturated rings. The maximum atomic E-state index is 12.3. The lowest BCUT2D eigenvalue weighted by Crippen LogP contribution is -2.67. The summed E-state index contributed by atoms with van der Waals surface area (Å²) in [5.74, 6) is 2.86. The Kier molecular flexibility index (Phi) is 3.96. The van der Waals surface area contributed by atoms with Gasteiger partial charge in [-0.1, -0.05) is 11.6 Å². The summed E-state index contributed by atoms with van der Waals surface area (Å²) in [5.41, 5.74) is 8.02. The largest absolute Gasteiger partial charge is 0.336 e. The highest BCUT2D eigenvalue weighted by molar-refractivity contribution is 6.31. The first-order chi connectivity index (χ1) is 11.5. The Hall–Kier alpha value is -1.33. The van der Waals surface area contributed by atoms with Crippen LogP contribution in [0.25, 0.3) is 0 Å². The first kappa shape index (κ1) is 16.2. The van der Waals surface area contributed by atoms with Crippen molar-refractivity contribution in [1.29, 1.82) is 0 Å². The van der Waals surface area contributed by atoms with Crippen molar-refractivity contribution in [2.45, 2.75) is 44.6 Å². The molecule has 0 aliphatic heterocycles. The van der Waals surface area contributed by atoms with E-state index < -0.39 is 0 Å². The number of nitrogens with two attached hydrogens (primary N) is 1. The van der Waals surface area contributed by atoms with Crippen molar-refractivity contribution >= 4 is 23.3 Å². The molecule has 0 radical (unpaired) electrons. The number of nitrogens with zero attached hydrogens (tertiary/aromatic N) is 1. The zero-order chi connectivity index (χ0) is 16.9. The predicted octanol–water partition coefficient (Wildman–Crippen LogP) is 3.32. The second-order valence-electron chi connectivity index (χ2n) is 8.02. The minimum atomic E-state index is -0.244. The third-order valence-electron chi connectivity index (χ3n) is 6.62. The van der Waals surface area contributed by atoms with Crippen molar-refractivity contribution < 1.29 is 4.79 Å². The molecule has 0 aromatic carbocycles. The third-order valence-corrected chi connectivity index (χ3v) is 7.00. The maximum Gasteiger partial charge on any atom is 0.319 e. The number of carbonyl (C=O) groups excluding carboxylic acids is 1. The van der Waals surface area contributed by atoms with Crippen molar-refractivity contribution in [2.75, 3.05) is 11.9 Å². The van der Waals surface area contributed by atoms with Crippen LogP contribution in [0.4, 0.5) is 10.5 Å². The topological polar surface area (TPSA) is 80.0 Å². The first-order valence-corrected chi connectivity index (χ1v) is 9.27. The van der Waals surface area contributed by atoms with E-state index in [1.54, 1.807) is 12.4 Å². The highest BCUT2D eigenvalue weighted by atomic mass is 35.5. The van der Waals surface area contributed by atoms with Gasteiger partial charge < -0.3 is 16.4 Å². The average Bonchev–Trinajstić information content (AvgIpc) is 2.54. The van der Waals surface area contributed by atoms with Gasteiger partial charge in [-0.05, 0) is 68.3 Å². The van der Waals surface area contributed by atoms with Crippen LogP contribution in [0.5, 0.6) is 0 Å². The van der Waals surface area contributed by atoms with Gasteiger partial charge in [-0.3, -0.25) is 4.98 Å². The number of hydrogen-bond acceptors (Lipinski definition) is 3. The second kappa shape index (κ2) is 5.88. The quantitative estimate of drug-likeness (QED) is 0.783. The number of aromatic nitrogens is 1. The van der Waals surface area contributed by atoms with Crippen molar-refractivity contribution in [3.63, 3.8) is 0 Å². The second-order valence-corrected chi connectivity index (χ2v) is 8.43. The number of rotatable bonds is 3. The average molecular weight is 349 g/mol. The summed E-state index contributed by atoms with van der Waals surface area (Å²) in [7, 11) is 0.